The predicted octanol–water partition coefficient (Wildman–Crippen LogP) is 4.05. The Bertz CT molecular complexity index is 384. The summed E-state index contributed by atoms with van der Waals surface area (Å²) >= 11 is 9.35. The summed E-state index contributed by atoms with van der Waals surface area (Å²) in [7, 11) is 0. The smallest absolute Gasteiger partial charge is 0.0823 e. The summed E-state index contributed by atoms with van der Waals surface area (Å²) in [5, 5.41) is 9.85. The van der Waals surface area contributed by atoms with Gasteiger partial charge in [-0.2, -0.15) is 5.26 Å². The van der Waals surface area contributed by atoms with Gasteiger partial charge in [-0.25, -0.2) is 0 Å². The van der Waals surface area contributed by atoms with E-state index in [4.69, 9.17) is 16.9 Å². The van der Waals surface area contributed by atoms with Crippen LogP contribution in [0.3, 0.4) is 0 Å². The van der Waals surface area contributed by atoms with Gasteiger partial charge in [0.2, 0.25) is 0 Å². The first kappa shape index (κ1) is 10.0. The standard InChI is InChI=1S/C11H9BrClN/c12-9-4-8(5-10(13)6-9)11(7-14)2-1-3-11/h4-6H,1-3H2. The Kier molecular flexibility index (Phi) is 2.55. The molecule has 1 saturated carbocycles. The summed E-state index contributed by atoms with van der Waals surface area (Å²) in [5.41, 5.74) is 0.776. The third-order valence-corrected chi connectivity index (χ3v) is 3.51. The van der Waals surface area contributed by atoms with Crippen LogP contribution < -0.4 is 0 Å². The van der Waals surface area contributed by atoms with Gasteiger partial charge in [0.05, 0.1) is 11.5 Å². The first-order valence-electron chi connectivity index (χ1n) is 4.54. The predicted molar refractivity (Wildman–Crippen MR) is 60.3 cm³/mol. The maximum atomic E-state index is 9.16. The molecule has 3 heteroatoms. The summed E-state index contributed by atoms with van der Waals surface area (Å²) in [6.45, 7) is 0. The van der Waals surface area contributed by atoms with E-state index in [1.165, 1.54) is 0 Å². The summed E-state index contributed by atoms with van der Waals surface area (Å²) in [6.07, 6.45) is 3.05. The van der Waals surface area contributed by atoms with Crippen molar-refractivity contribution in [2.24, 2.45) is 0 Å². The highest BCUT2D eigenvalue weighted by atomic mass is 79.9. The van der Waals surface area contributed by atoms with Crippen LogP contribution in [0.15, 0.2) is 22.7 Å². The van der Waals surface area contributed by atoms with Crippen molar-refractivity contribution >= 4 is 27.5 Å². The Labute approximate surface area is 96.8 Å². The molecule has 0 heterocycles. The number of nitrogens with zero attached hydrogens (tertiary/aromatic N) is 1. The van der Waals surface area contributed by atoms with Crippen LogP contribution in [0.5, 0.6) is 0 Å². The molecule has 1 aliphatic rings. The van der Waals surface area contributed by atoms with E-state index in [2.05, 4.69) is 22.0 Å². The molecule has 0 spiro atoms. The minimum atomic E-state index is -0.270. The number of benzene rings is 1. The molecule has 14 heavy (non-hydrogen) atoms. The molecule has 2 rings (SSSR count). The fourth-order valence-corrected chi connectivity index (χ4v) is 2.69. The maximum Gasteiger partial charge on any atom is 0.0823 e. The zero-order valence-corrected chi connectivity index (χ0v) is 9.90. The molecule has 0 bridgehead atoms. The van der Waals surface area contributed by atoms with E-state index in [9.17, 15) is 0 Å². The van der Waals surface area contributed by atoms with Gasteiger partial charge >= 0.3 is 0 Å². The van der Waals surface area contributed by atoms with Crippen LogP contribution in [0.25, 0.3) is 0 Å². The van der Waals surface area contributed by atoms with Crippen LogP contribution in [0, 0.1) is 11.3 Å². The Balaban J connectivity index is 2.46. The molecule has 0 atom stereocenters. The molecule has 0 saturated heterocycles. The van der Waals surface area contributed by atoms with Crippen LogP contribution in [-0.4, -0.2) is 0 Å². The Hall–Kier alpha value is -0.520. The monoisotopic (exact) mass is 269 g/mol. The second-order valence-electron chi connectivity index (χ2n) is 3.71. The lowest BCUT2D eigenvalue weighted by atomic mass is 9.65. The summed E-state index contributed by atoms with van der Waals surface area (Å²) < 4.78 is 0.946. The van der Waals surface area contributed by atoms with E-state index in [0.29, 0.717) is 5.02 Å². The summed E-state index contributed by atoms with van der Waals surface area (Å²) in [4.78, 5) is 0. The van der Waals surface area contributed by atoms with Gasteiger partial charge < -0.3 is 0 Å². The minimum Gasteiger partial charge on any atom is -0.197 e. The number of rotatable bonds is 1. The van der Waals surface area contributed by atoms with Crippen molar-refractivity contribution in [2.45, 2.75) is 24.7 Å². The van der Waals surface area contributed by atoms with Gasteiger partial charge in [0.25, 0.3) is 0 Å². The average Bonchev–Trinajstić information content (AvgIpc) is 2.01. The van der Waals surface area contributed by atoms with Gasteiger partial charge in [-0.15, -0.1) is 0 Å². The van der Waals surface area contributed by atoms with E-state index in [1.807, 2.05) is 18.2 Å². The van der Waals surface area contributed by atoms with Crippen molar-refractivity contribution in [3.63, 3.8) is 0 Å². The molecular formula is C11H9BrClN. The fourth-order valence-electron chi connectivity index (χ4n) is 1.83. The number of hydrogen-bond donors (Lipinski definition) is 0. The molecule has 1 nitrogen and oxygen atoms in total. The van der Waals surface area contributed by atoms with Crippen LogP contribution in [0.4, 0.5) is 0 Å². The van der Waals surface area contributed by atoms with Gasteiger partial charge in [0.1, 0.15) is 0 Å². The normalized spacial score (nSPS) is 18.4. The third-order valence-electron chi connectivity index (χ3n) is 2.84. The minimum absolute atomic E-state index is 0.270. The largest absolute Gasteiger partial charge is 0.197 e. The van der Waals surface area contributed by atoms with Crippen LogP contribution in [0.2, 0.25) is 5.02 Å². The van der Waals surface area contributed by atoms with Crippen molar-refractivity contribution in [3.8, 4) is 6.07 Å². The van der Waals surface area contributed by atoms with Crippen molar-refractivity contribution in [3.05, 3.63) is 33.3 Å². The Morgan fingerprint density at radius 2 is 2.07 bits per heavy atom. The molecule has 72 valence electrons. The van der Waals surface area contributed by atoms with E-state index < -0.39 is 0 Å². The van der Waals surface area contributed by atoms with E-state index in [0.717, 1.165) is 29.3 Å². The van der Waals surface area contributed by atoms with Crippen LogP contribution in [-0.2, 0) is 5.41 Å². The molecule has 0 amide bonds. The SMILES string of the molecule is N#CC1(c2cc(Cl)cc(Br)c2)CCC1. The fraction of sp³-hybridized carbons (Fsp3) is 0.364. The molecule has 0 unspecified atom stereocenters. The summed E-state index contributed by atoms with van der Waals surface area (Å²) in [6, 6.07) is 8.14. The average molecular weight is 271 g/mol. The van der Waals surface area contributed by atoms with Gasteiger partial charge in [-0.3, -0.25) is 0 Å². The van der Waals surface area contributed by atoms with Gasteiger partial charge in [-0.05, 0) is 43.0 Å². The Morgan fingerprint density at radius 3 is 2.50 bits per heavy atom. The third kappa shape index (κ3) is 1.55. The Morgan fingerprint density at radius 1 is 1.36 bits per heavy atom. The summed E-state index contributed by atoms with van der Waals surface area (Å²) in [5.74, 6) is 0. The second kappa shape index (κ2) is 3.56. The molecule has 1 aliphatic carbocycles. The molecule has 0 aliphatic heterocycles. The van der Waals surface area contributed by atoms with Gasteiger partial charge in [-0.1, -0.05) is 27.5 Å². The molecule has 1 aromatic rings. The van der Waals surface area contributed by atoms with E-state index in [-0.39, 0.29) is 5.41 Å². The maximum absolute atomic E-state index is 9.16. The molecule has 0 radical (unpaired) electrons. The van der Waals surface area contributed by atoms with Crippen LogP contribution in [0.1, 0.15) is 24.8 Å². The first-order valence-corrected chi connectivity index (χ1v) is 5.71. The van der Waals surface area contributed by atoms with E-state index in [1.54, 1.807) is 0 Å². The highest BCUT2D eigenvalue weighted by Gasteiger charge is 2.39. The molecular weight excluding hydrogens is 261 g/mol. The van der Waals surface area contributed by atoms with Crippen molar-refractivity contribution in [1.29, 1.82) is 5.26 Å². The first-order chi connectivity index (χ1) is 6.66. The topological polar surface area (TPSA) is 23.8 Å². The van der Waals surface area contributed by atoms with Gasteiger partial charge in [0.15, 0.2) is 0 Å². The van der Waals surface area contributed by atoms with Gasteiger partial charge in [0, 0.05) is 9.50 Å². The highest BCUT2D eigenvalue weighted by molar-refractivity contribution is 9.10. The lowest BCUT2D eigenvalue weighted by molar-refractivity contribution is 0.324. The molecule has 1 fully saturated rings. The highest BCUT2D eigenvalue weighted by Crippen LogP contribution is 2.44. The van der Waals surface area contributed by atoms with E-state index >= 15 is 0 Å². The van der Waals surface area contributed by atoms with Crippen LogP contribution >= 0.6 is 27.5 Å². The molecule has 0 aromatic heterocycles. The van der Waals surface area contributed by atoms with Crippen molar-refractivity contribution in [1.82, 2.24) is 0 Å². The lowest BCUT2D eigenvalue weighted by Crippen LogP contribution is -2.32. The number of nitriles is 1. The molecule has 0 N–H and O–H groups in total. The van der Waals surface area contributed by atoms with Crippen molar-refractivity contribution in [2.75, 3.05) is 0 Å². The zero-order valence-electron chi connectivity index (χ0n) is 7.56. The van der Waals surface area contributed by atoms with Crippen molar-refractivity contribution < 1.29 is 0 Å². The number of halogens is 2. The second-order valence-corrected chi connectivity index (χ2v) is 5.06. The molecule has 1 aromatic carbocycles. The lowest BCUT2D eigenvalue weighted by Gasteiger charge is -2.35. The quantitative estimate of drug-likeness (QED) is 0.755. The number of hydrogen-bond acceptors (Lipinski definition) is 1. The zero-order chi connectivity index (χ0) is 10.2.